The zero-order valence-electron chi connectivity index (χ0n) is 6.96. The topological polar surface area (TPSA) is 55.6 Å². The number of tetrazole rings is 1. The van der Waals surface area contributed by atoms with Gasteiger partial charge in [0.1, 0.15) is 0 Å². The fourth-order valence-electron chi connectivity index (χ4n) is 0.997. The Kier molecular flexibility index (Phi) is 2.18. The van der Waals surface area contributed by atoms with E-state index < -0.39 is 0 Å². The maximum Gasteiger partial charge on any atom is 0.164 e. The van der Waals surface area contributed by atoms with Crippen molar-refractivity contribution in [3.63, 3.8) is 0 Å². The van der Waals surface area contributed by atoms with E-state index in [1.807, 2.05) is 30.3 Å². The Hall–Kier alpha value is -1.91. The summed E-state index contributed by atoms with van der Waals surface area (Å²) in [4.78, 5) is 1.34. The molecule has 5 nitrogen and oxygen atoms in total. The van der Waals surface area contributed by atoms with Crippen LogP contribution in [0, 0.1) is 0 Å². The van der Waals surface area contributed by atoms with Gasteiger partial charge in [0.2, 0.25) is 0 Å². The Morgan fingerprint density at radius 3 is 2.77 bits per heavy atom. The van der Waals surface area contributed by atoms with Gasteiger partial charge in [-0.3, -0.25) is 5.43 Å². The van der Waals surface area contributed by atoms with Crippen molar-refractivity contribution in [1.29, 1.82) is 0 Å². The van der Waals surface area contributed by atoms with Gasteiger partial charge < -0.3 is 0 Å². The Morgan fingerprint density at radius 2 is 2.08 bits per heavy atom. The molecule has 0 atom stereocenters. The minimum Gasteiger partial charge on any atom is -0.287 e. The molecule has 13 heavy (non-hydrogen) atoms. The lowest BCUT2D eigenvalue weighted by Crippen LogP contribution is -2.17. The summed E-state index contributed by atoms with van der Waals surface area (Å²) in [7, 11) is 0. The summed E-state index contributed by atoms with van der Waals surface area (Å²) in [5, 5.41) is 11.1. The summed E-state index contributed by atoms with van der Waals surface area (Å²) >= 11 is 0. The van der Waals surface area contributed by atoms with Gasteiger partial charge in [-0.2, -0.15) is 0 Å². The van der Waals surface area contributed by atoms with Crippen LogP contribution in [0.2, 0.25) is 0 Å². The zero-order chi connectivity index (χ0) is 8.93. The summed E-state index contributed by atoms with van der Waals surface area (Å²) in [6.07, 6.45) is 1.39. The smallest absolute Gasteiger partial charge is 0.164 e. The predicted molar refractivity (Wildman–Crippen MR) is 47.3 cm³/mol. The van der Waals surface area contributed by atoms with Crippen molar-refractivity contribution in [3.05, 3.63) is 42.2 Å². The number of aromatic nitrogens is 4. The average molecular weight is 175 g/mol. The Bertz CT molecular complexity index is 342. The number of nitrogens with one attached hydrogen (secondary N) is 1. The third-order valence-corrected chi connectivity index (χ3v) is 1.62. The molecule has 2 aromatic rings. The van der Waals surface area contributed by atoms with Gasteiger partial charge in [0.15, 0.2) is 6.33 Å². The molecule has 0 radical (unpaired) electrons. The number of rotatable bonds is 3. The highest BCUT2D eigenvalue weighted by atomic mass is 15.7. The molecular weight excluding hydrogens is 166 g/mol. The Labute approximate surface area is 75.4 Å². The second kappa shape index (κ2) is 3.66. The maximum atomic E-state index is 3.81. The van der Waals surface area contributed by atoms with E-state index in [0.717, 1.165) is 0 Å². The van der Waals surface area contributed by atoms with Crippen LogP contribution in [0.25, 0.3) is 0 Å². The molecule has 1 heterocycles. The van der Waals surface area contributed by atoms with E-state index in [1.54, 1.807) is 0 Å². The fraction of sp³-hybridized carbons (Fsp3) is 0.125. The number of hydrogen-bond donors (Lipinski definition) is 1. The minimum atomic E-state index is 0.692. The van der Waals surface area contributed by atoms with Crippen LogP contribution in [0.5, 0.6) is 0 Å². The third kappa shape index (κ3) is 2.02. The molecule has 0 bridgehead atoms. The van der Waals surface area contributed by atoms with Crippen LogP contribution < -0.4 is 5.43 Å². The van der Waals surface area contributed by atoms with E-state index in [2.05, 4.69) is 20.8 Å². The first-order chi connectivity index (χ1) is 6.45. The van der Waals surface area contributed by atoms with Crippen LogP contribution >= 0.6 is 0 Å². The molecule has 0 saturated carbocycles. The van der Waals surface area contributed by atoms with E-state index in [-0.39, 0.29) is 0 Å². The molecule has 1 N–H and O–H groups in total. The average Bonchev–Trinajstić information content (AvgIpc) is 2.69. The second-order valence-corrected chi connectivity index (χ2v) is 2.55. The molecule has 0 amide bonds. The van der Waals surface area contributed by atoms with Crippen LogP contribution in [-0.2, 0) is 6.54 Å². The van der Waals surface area contributed by atoms with Crippen molar-refractivity contribution < 1.29 is 0 Å². The van der Waals surface area contributed by atoms with Gasteiger partial charge in [0.05, 0.1) is 6.54 Å². The minimum absolute atomic E-state index is 0.692. The van der Waals surface area contributed by atoms with Crippen molar-refractivity contribution >= 4 is 0 Å². The first kappa shape index (κ1) is 7.72. The standard InChI is InChI=1S/C8H9N5/c1-2-4-8(5-3-1)6-10-13-11-7-9-12-13/h1-5,7,10H,6H2. The monoisotopic (exact) mass is 175 g/mol. The zero-order valence-corrected chi connectivity index (χ0v) is 6.96. The highest BCUT2D eigenvalue weighted by Gasteiger charge is 1.91. The van der Waals surface area contributed by atoms with Gasteiger partial charge in [0.25, 0.3) is 0 Å². The molecule has 5 heteroatoms. The first-order valence-corrected chi connectivity index (χ1v) is 3.96. The lowest BCUT2D eigenvalue weighted by molar-refractivity contribution is 0.614. The van der Waals surface area contributed by atoms with E-state index >= 15 is 0 Å². The quantitative estimate of drug-likeness (QED) is 0.734. The molecule has 2 rings (SSSR count). The fourth-order valence-corrected chi connectivity index (χ4v) is 0.997. The van der Waals surface area contributed by atoms with Crippen LogP contribution in [-0.4, -0.2) is 20.3 Å². The van der Waals surface area contributed by atoms with Crippen LogP contribution in [0.3, 0.4) is 0 Å². The van der Waals surface area contributed by atoms with Crippen LogP contribution in [0.1, 0.15) is 5.56 Å². The lowest BCUT2D eigenvalue weighted by atomic mass is 10.2. The molecule has 0 aliphatic carbocycles. The molecule has 0 fully saturated rings. The summed E-state index contributed by atoms with van der Waals surface area (Å²) in [5.41, 5.74) is 4.15. The molecule has 0 saturated heterocycles. The molecular formula is C8H9N5. The lowest BCUT2D eigenvalue weighted by Gasteiger charge is -2.02. The maximum absolute atomic E-state index is 3.81. The van der Waals surface area contributed by atoms with Crippen molar-refractivity contribution in [2.45, 2.75) is 6.54 Å². The number of benzene rings is 1. The third-order valence-electron chi connectivity index (χ3n) is 1.62. The van der Waals surface area contributed by atoms with Crippen LogP contribution in [0.15, 0.2) is 36.7 Å². The van der Waals surface area contributed by atoms with Crippen LogP contribution in [0.4, 0.5) is 0 Å². The largest absolute Gasteiger partial charge is 0.287 e. The van der Waals surface area contributed by atoms with E-state index in [0.29, 0.717) is 6.54 Å². The molecule has 1 aromatic heterocycles. The molecule has 0 unspecified atom stereocenters. The Morgan fingerprint density at radius 1 is 1.23 bits per heavy atom. The van der Waals surface area contributed by atoms with Gasteiger partial charge in [0, 0.05) is 0 Å². The van der Waals surface area contributed by atoms with Crippen molar-refractivity contribution in [2.24, 2.45) is 0 Å². The van der Waals surface area contributed by atoms with Crippen molar-refractivity contribution in [1.82, 2.24) is 20.3 Å². The molecule has 1 aromatic carbocycles. The summed E-state index contributed by atoms with van der Waals surface area (Å²) in [6.45, 7) is 0.692. The van der Waals surface area contributed by atoms with Gasteiger partial charge in [-0.15, -0.1) is 10.2 Å². The highest BCUT2D eigenvalue weighted by molar-refractivity contribution is 5.15. The second-order valence-electron chi connectivity index (χ2n) is 2.55. The van der Waals surface area contributed by atoms with Gasteiger partial charge in [-0.25, -0.2) is 0 Å². The summed E-state index contributed by atoms with van der Waals surface area (Å²) in [6, 6.07) is 10.0. The van der Waals surface area contributed by atoms with E-state index in [4.69, 9.17) is 0 Å². The van der Waals surface area contributed by atoms with Gasteiger partial charge >= 0.3 is 0 Å². The van der Waals surface area contributed by atoms with Gasteiger partial charge in [-0.1, -0.05) is 35.2 Å². The van der Waals surface area contributed by atoms with Crippen molar-refractivity contribution in [3.8, 4) is 0 Å². The highest BCUT2D eigenvalue weighted by Crippen LogP contribution is 1.96. The molecule has 0 aliphatic heterocycles. The SMILES string of the molecule is c1ccc(CNn2ncnn2)cc1. The number of hydrogen-bond acceptors (Lipinski definition) is 4. The first-order valence-electron chi connectivity index (χ1n) is 3.96. The Balaban J connectivity index is 1.94. The molecule has 0 spiro atoms. The van der Waals surface area contributed by atoms with E-state index in [1.165, 1.54) is 16.8 Å². The van der Waals surface area contributed by atoms with E-state index in [9.17, 15) is 0 Å². The predicted octanol–water partition coefficient (Wildman–Crippen LogP) is 0.417. The summed E-state index contributed by atoms with van der Waals surface area (Å²) < 4.78 is 0. The van der Waals surface area contributed by atoms with Crippen molar-refractivity contribution in [2.75, 3.05) is 5.43 Å². The summed E-state index contributed by atoms with van der Waals surface area (Å²) in [5.74, 6) is 0. The van der Waals surface area contributed by atoms with Gasteiger partial charge in [-0.05, 0) is 10.8 Å². The molecule has 0 aliphatic rings. The molecule has 66 valence electrons. The normalized spacial score (nSPS) is 9.85. The number of nitrogens with zero attached hydrogens (tertiary/aromatic N) is 4.